The van der Waals surface area contributed by atoms with Crippen LogP contribution < -0.4 is 0 Å². The van der Waals surface area contributed by atoms with Crippen molar-refractivity contribution in [1.29, 1.82) is 0 Å². The second kappa shape index (κ2) is 23.3. The molecule has 6 N–H and O–H groups in total. The smallest absolute Gasteiger partial charge is 0.468 e. The van der Waals surface area contributed by atoms with Crippen LogP contribution in [0.5, 0.6) is 0 Å². The average molecular weight is 809 g/mol. The van der Waals surface area contributed by atoms with Gasteiger partial charge in [-0.1, -0.05) is 0 Å². The Morgan fingerprint density at radius 3 is 1.58 bits per heavy atom. The lowest BCUT2D eigenvalue weighted by atomic mass is 9.90. The molecule has 310 valence electrons. The maximum atomic E-state index is 13.4. The van der Waals surface area contributed by atoms with Gasteiger partial charge in [0.05, 0.1) is 73.0 Å². The van der Waals surface area contributed by atoms with E-state index in [1.807, 2.05) is 0 Å². The number of carbonyl (C=O) groups excluding carboxylic acids is 5. The zero-order valence-corrected chi connectivity index (χ0v) is 33.6. The highest BCUT2D eigenvalue weighted by molar-refractivity contribution is 6.57. The minimum absolute atomic E-state index is 0.0173. The van der Waals surface area contributed by atoms with Crippen molar-refractivity contribution in [2.24, 2.45) is 27.6 Å². The minimum Gasteiger partial charge on any atom is -0.468 e. The van der Waals surface area contributed by atoms with E-state index in [2.05, 4.69) is 18.3 Å². The monoisotopic (exact) mass is 808 g/mol. The third kappa shape index (κ3) is 16.7. The summed E-state index contributed by atoms with van der Waals surface area (Å²) in [4.78, 5) is 92.1. The Morgan fingerprint density at radius 1 is 0.660 bits per heavy atom. The molecule has 0 saturated heterocycles. The number of carbonyl (C=O) groups is 5. The van der Waals surface area contributed by atoms with Crippen molar-refractivity contribution in [3.8, 4) is 0 Å². The molecule has 0 saturated carbocycles. The predicted octanol–water partition coefficient (Wildman–Crippen LogP) is -2.75. The number of methoxy groups -OCH3 is 2. The molecular weight excluding hydrogens is 752 g/mol. The lowest BCUT2D eigenvalue weighted by Crippen LogP contribution is -2.46. The quantitative estimate of drug-likeness (QED) is 0.0117. The number of hydrogen-bond donors (Lipinski definition) is 6. The Kier molecular flexibility index (Phi) is 22.1. The fourth-order valence-corrected chi connectivity index (χ4v) is 5.52. The van der Waals surface area contributed by atoms with E-state index in [-0.39, 0.29) is 25.7 Å². The van der Waals surface area contributed by atoms with Gasteiger partial charge >= 0.3 is 48.2 Å². The number of hydrogen-bond acceptors (Lipinski definition) is 21. The van der Waals surface area contributed by atoms with Gasteiger partial charge in [0.1, 0.15) is 34.9 Å². The largest absolute Gasteiger partial charge is 0.523 e. The Bertz CT molecular complexity index is 1170. The maximum Gasteiger partial charge on any atom is 0.523 e. The summed E-state index contributed by atoms with van der Waals surface area (Å²) in [6, 6.07) is -0.319. The van der Waals surface area contributed by atoms with Crippen molar-refractivity contribution < 1.29 is 100 Å². The zero-order valence-electron chi connectivity index (χ0n) is 31.4. The second-order valence-electron chi connectivity index (χ2n) is 13.5. The molecule has 0 aromatic rings. The van der Waals surface area contributed by atoms with Gasteiger partial charge < -0.3 is 67.3 Å². The van der Waals surface area contributed by atoms with Crippen molar-refractivity contribution in [2.45, 2.75) is 47.1 Å². The standard InChI is InChI=1S/C30H56O21Si2/c1-21(22(34)47-10-9-11-53(40,41)51-50-52(39)44-8)12-45-16-28(3,14-32)25(37)49-20-30(5,18-46-17-27(2,13-31)23(35)42-6)26(38)48-19-29(4,15-33)24(36)43-7/h21,31-33,39-41,52H,9-20H2,1-8H3. The molecule has 0 heterocycles. The molecule has 0 rings (SSSR count). The van der Waals surface area contributed by atoms with Gasteiger partial charge in [0.15, 0.2) is 0 Å². The summed E-state index contributed by atoms with van der Waals surface area (Å²) in [5, 5.41) is 29.5. The van der Waals surface area contributed by atoms with Crippen LogP contribution in [0.1, 0.15) is 41.0 Å². The van der Waals surface area contributed by atoms with Crippen LogP contribution in [0.4, 0.5) is 0 Å². The third-order valence-corrected chi connectivity index (χ3v) is 10.0. The van der Waals surface area contributed by atoms with Crippen molar-refractivity contribution in [3.63, 3.8) is 0 Å². The van der Waals surface area contributed by atoms with Crippen LogP contribution in [-0.4, -0.2) is 165 Å². The molecule has 0 aliphatic rings. The Labute approximate surface area is 310 Å². The first kappa shape index (κ1) is 50.3. The highest BCUT2D eigenvalue weighted by Crippen LogP contribution is 2.28. The normalized spacial score (nSPS) is 17.5. The van der Waals surface area contributed by atoms with Crippen LogP contribution in [-0.2, 0) is 70.7 Å². The minimum atomic E-state index is -4.30. The summed E-state index contributed by atoms with van der Waals surface area (Å²) >= 11 is 0. The van der Waals surface area contributed by atoms with E-state index in [9.17, 15) is 53.7 Å². The van der Waals surface area contributed by atoms with Gasteiger partial charge in [0.25, 0.3) is 0 Å². The van der Waals surface area contributed by atoms with Gasteiger partial charge in [-0.15, -0.1) is 0 Å². The summed E-state index contributed by atoms with van der Waals surface area (Å²) in [5.74, 6) is -5.30. The lowest BCUT2D eigenvalue weighted by molar-refractivity contribution is -0.185. The molecule has 6 atom stereocenters. The van der Waals surface area contributed by atoms with Gasteiger partial charge in [-0.05, 0) is 41.0 Å². The first-order valence-electron chi connectivity index (χ1n) is 16.2. The maximum absolute atomic E-state index is 13.4. The van der Waals surface area contributed by atoms with Gasteiger partial charge in [0.2, 0.25) is 0 Å². The SMILES string of the molecule is COC(=O)C(C)(CO)COCC(C)(COC(=O)C(C)(CO)COCC(C)C(=O)OCCC[Si](O)(O)OO[SiH](O)OC)C(=O)OCC(C)(CO)C(=O)OC. The number of rotatable bonds is 28. The number of aliphatic hydroxyl groups is 3. The van der Waals surface area contributed by atoms with E-state index >= 15 is 0 Å². The first-order valence-corrected chi connectivity index (χ1v) is 19.7. The molecule has 0 radical (unpaired) electrons. The lowest BCUT2D eigenvalue weighted by Gasteiger charge is -2.32. The number of ether oxygens (including phenoxy) is 7. The Balaban J connectivity index is 5.46. The fourth-order valence-electron chi connectivity index (χ4n) is 3.80. The molecule has 0 aromatic heterocycles. The first-order chi connectivity index (χ1) is 24.6. The molecule has 0 aliphatic carbocycles. The molecule has 6 unspecified atom stereocenters. The Morgan fingerprint density at radius 2 is 1.09 bits per heavy atom. The van der Waals surface area contributed by atoms with E-state index in [4.69, 9.17) is 28.4 Å². The van der Waals surface area contributed by atoms with Gasteiger partial charge in [-0.25, -0.2) is 9.15 Å². The van der Waals surface area contributed by atoms with E-state index in [1.165, 1.54) is 34.6 Å². The van der Waals surface area contributed by atoms with E-state index in [0.29, 0.717) is 0 Å². The zero-order chi connectivity index (χ0) is 41.1. The van der Waals surface area contributed by atoms with Crippen molar-refractivity contribution in [3.05, 3.63) is 0 Å². The summed E-state index contributed by atoms with van der Waals surface area (Å²) in [6.45, 7) is 1.29. The summed E-state index contributed by atoms with van der Waals surface area (Å²) in [7, 11) is -4.10. The number of aliphatic hydroxyl groups excluding tert-OH is 3. The van der Waals surface area contributed by atoms with Crippen molar-refractivity contribution >= 4 is 48.2 Å². The molecule has 0 fully saturated rings. The van der Waals surface area contributed by atoms with Crippen LogP contribution >= 0.6 is 0 Å². The molecule has 0 bridgehead atoms. The van der Waals surface area contributed by atoms with Crippen LogP contribution in [0.15, 0.2) is 0 Å². The van der Waals surface area contributed by atoms with Crippen LogP contribution in [0, 0.1) is 27.6 Å². The molecular formula is C30H56O21Si2. The molecule has 0 spiro atoms. The highest BCUT2D eigenvalue weighted by atomic mass is 28.4. The van der Waals surface area contributed by atoms with Crippen molar-refractivity contribution in [2.75, 3.05) is 87.4 Å². The summed E-state index contributed by atoms with van der Waals surface area (Å²) < 4.78 is 49.6. The molecule has 21 nitrogen and oxygen atoms in total. The summed E-state index contributed by atoms with van der Waals surface area (Å²) in [5.41, 5.74) is -6.65. The number of esters is 5. The van der Waals surface area contributed by atoms with Crippen molar-refractivity contribution in [1.82, 2.24) is 0 Å². The van der Waals surface area contributed by atoms with E-state index in [0.717, 1.165) is 21.3 Å². The highest BCUT2D eigenvalue weighted by Gasteiger charge is 2.44. The topological polar surface area (TPSA) is 299 Å². The van der Waals surface area contributed by atoms with Crippen LogP contribution in [0.2, 0.25) is 6.04 Å². The third-order valence-electron chi connectivity index (χ3n) is 7.82. The molecule has 0 aromatic carbocycles. The molecule has 53 heavy (non-hydrogen) atoms. The Hall–Kier alpha value is -2.66. The predicted molar refractivity (Wildman–Crippen MR) is 180 cm³/mol. The molecule has 0 aliphatic heterocycles. The van der Waals surface area contributed by atoms with Gasteiger partial charge in [-0.3, -0.25) is 24.0 Å². The second-order valence-corrected chi connectivity index (χ2v) is 16.9. The van der Waals surface area contributed by atoms with Crippen LogP contribution in [0.25, 0.3) is 0 Å². The van der Waals surface area contributed by atoms with E-state index < -0.39 is 129 Å². The average Bonchev–Trinajstić information content (AvgIpc) is 3.15. The molecule has 0 amide bonds. The van der Waals surface area contributed by atoms with E-state index in [1.54, 1.807) is 0 Å². The van der Waals surface area contributed by atoms with Gasteiger partial charge in [-0.2, -0.15) is 0 Å². The van der Waals surface area contributed by atoms with Gasteiger partial charge in [0, 0.05) is 13.2 Å². The summed E-state index contributed by atoms with van der Waals surface area (Å²) in [6.07, 6.45) is -0.0173. The van der Waals surface area contributed by atoms with Crippen LogP contribution in [0.3, 0.4) is 0 Å². The fraction of sp³-hybridized carbons (Fsp3) is 0.833. The molecule has 23 heteroatoms.